The van der Waals surface area contributed by atoms with E-state index in [-0.39, 0.29) is 47.7 Å². The van der Waals surface area contributed by atoms with Crippen LogP contribution in [0.4, 0.5) is 5.69 Å². The molecule has 2 heterocycles. The Balaban J connectivity index is 1.51. The molecule has 0 atom stereocenters. The first-order valence-electron chi connectivity index (χ1n) is 9.10. The van der Waals surface area contributed by atoms with Gasteiger partial charge < -0.3 is 4.90 Å². The number of hydrogen-bond acceptors (Lipinski definition) is 6. The van der Waals surface area contributed by atoms with Crippen LogP contribution in [0, 0.1) is 10.1 Å². The predicted octanol–water partition coefficient (Wildman–Crippen LogP) is 4.37. The molecule has 12 heteroatoms. The minimum atomic E-state index is -3.65. The van der Waals surface area contributed by atoms with E-state index in [0.29, 0.717) is 15.0 Å². The Labute approximate surface area is 195 Å². The minimum Gasteiger partial charge on any atom is -0.335 e. The van der Waals surface area contributed by atoms with Crippen LogP contribution in [-0.2, 0) is 10.0 Å². The highest BCUT2D eigenvalue weighted by atomic mass is 79.9. The molecular formula is C19H15BrClN3O5S2. The summed E-state index contributed by atoms with van der Waals surface area (Å²) in [4.78, 5) is 25.6. The second-order valence-corrected chi connectivity index (χ2v) is 11.1. The number of rotatable bonds is 4. The van der Waals surface area contributed by atoms with Crippen LogP contribution in [0.25, 0.3) is 10.1 Å². The average molecular weight is 545 g/mol. The maximum Gasteiger partial charge on any atom is 0.270 e. The molecular weight excluding hydrogens is 530 g/mol. The molecule has 0 saturated carbocycles. The Bertz CT molecular complexity index is 1290. The number of piperazine rings is 1. The number of amides is 1. The summed E-state index contributed by atoms with van der Waals surface area (Å²) in [6.45, 7) is 0.773. The van der Waals surface area contributed by atoms with Crippen molar-refractivity contribution >= 4 is 70.6 Å². The molecule has 0 spiro atoms. The van der Waals surface area contributed by atoms with E-state index in [1.54, 1.807) is 17.0 Å². The van der Waals surface area contributed by atoms with Crippen LogP contribution in [0.1, 0.15) is 9.67 Å². The lowest BCUT2D eigenvalue weighted by Crippen LogP contribution is -2.50. The van der Waals surface area contributed by atoms with E-state index in [4.69, 9.17) is 11.6 Å². The lowest BCUT2D eigenvalue weighted by Gasteiger charge is -2.33. The number of nitrogens with zero attached hydrogens (tertiary/aromatic N) is 3. The Kier molecular flexibility index (Phi) is 6.05. The maximum absolute atomic E-state index is 13.0. The van der Waals surface area contributed by atoms with Crippen LogP contribution in [0.15, 0.2) is 51.8 Å². The van der Waals surface area contributed by atoms with Crippen molar-refractivity contribution in [1.29, 1.82) is 0 Å². The van der Waals surface area contributed by atoms with Gasteiger partial charge in [0.1, 0.15) is 4.88 Å². The normalized spacial score (nSPS) is 15.4. The third-order valence-corrected chi connectivity index (χ3v) is 9.08. The van der Waals surface area contributed by atoms with Gasteiger partial charge in [-0.05, 0) is 30.3 Å². The number of carbonyl (C=O) groups is 1. The number of carbonyl (C=O) groups excluding carboxylic acids is 1. The summed E-state index contributed by atoms with van der Waals surface area (Å²) < 4.78 is 28.4. The number of thiophene rings is 1. The molecule has 2 aromatic carbocycles. The largest absolute Gasteiger partial charge is 0.335 e. The molecule has 0 bridgehead atoms. The van der Waals surface area contributed by atoms with Crippen molar-refractivity contribution in [3.8, 4) is 0 Å². The van der Waals surface area contributed by atoms with Crippen LogP contribution < -0.4 is 0 Å². The van der Waals surface area contributed by atoms with Gasteiger partial charge in [0.05, 0.1) is 14.8 Å². The first-order chi connectivity index (χ1) is 14.7. The molecule has 1 aliphatic heterocycles. The van der Waals surface area contributed by atoms with E-state index in [2.05, 4.69) is 15.9 Å². The number of hydrogen-bond donors (Lipinski definition) is 0. The van der Waals surface area contributed by atoms with E-state index >= 15 is 0 Å². The minimum absolute atomic E-state index is 0.0730. The van der Waals surface area contributed by atoms with Crippen molar-refractivity contribution in [2.45, 2.75) is 4.90 Å². The second-order valence-electron chi connectivity index (χ2n) is 6.83. The first-order valence-corrected chi connectivity index (χ1v) is 12.5. The molecule has 1 aromatic heterocycles. The summed E-state index contributed by atoms with van der Waals surface area (Å²) in [6, 6.07) is 10.7. The summed E-state index contributed by atoms with van der Waals surface area (Å²) in [5, 5.41) is 11.8. The predicted molar refractivity (Wildman–Crippen MR) is 122 cm³/mol. The monoisotopic (exact) mass is 543 g/mol. The van der Waals surface area contributed by atoms with Gasteiger partial charge in [-0.15, -0.1) is 11.3 Å². The quantitative estimate of drug-likeness (QED) is 0.359. The van der Waals surface area contributed by atoms with Crippen LogP contribution >= 0.6 is 38.9 Å². The molecule has 1 fully saturated rings. The smallest absolute Gasteiger partial charge is 0.270 e. The number of sulfonamides is 1. The van der Waals surface area contributed by atoms with E-state index < -0.39 is 14.9 Å². The molecule has 0 N–H and O–H groups in total. The van der Waals surface area contributed by atoms with Crippen LogP contribution in [-0.4, -0.2) is 54.6 Å². The van der Waals surface area contributed by atoms with E-state index in [1.807, 2.05) is 0 Å². The molecule has 8 nitrogen and oxygen atoms in total. The van der Waals surface area contributed by atoms with Crippen molar-refractivity contribution in [3.05, 3.63) is 67.0 Å². The molecule has 1 saturated heterocycles. The summed E-state index contributed by atoms with van der Waals surface area (Å²) in [5.41, 5.74) is -0.0730. The van der Waals surface area contributed by atoms with Gasteiger partial charge in [0.25, 0.3) is 11.6 Å². The first kappa shape index (κ1) is 22.2. The second kappa shape index (κ2) is 8.47. The molecule has 1 amide bonds. The van der Waals surface area contributed by atoms with Gasteiger partial charge in [-0.3, -0.25) is 14.9 Å². The van der Waals surface area contributed by atoms with Gasteiger partial charge >= 0.3 is 0 Å². The number of nitro groups is 1. The van der Waals surface area contributed by atoms with Gasteiger partial charge in [-0.1, -0.05) is 27.5 Å². The molecule has 0 unspecified atom stereocenters. The third-order valence-electron chi connectivity index (χ3n) is 5.00. The van der Waals surface area contributed by atoms with Gasteiger partial charge in [0.2, 0.25) is 10.0 Å². The number of benzene rings is 2. The molecule has 4 rings (SSSR count). The zero-order valence-electron chi connectivity index (χ0n) is 15.8. The van der Waals surface area contributed by atoms with Crippen molar-refractivity contribution in [3.63, 3.8) is 0 Å². The molecule has 3 aromatic rings. The molecule has 0 radical (unpaired) electrons. The van der Waals surface area contributed by atoms with E-state index in [1.165, 1.54) is 34.6 Å². The Hall–Kier alpha value is -2.05. The number of non-ortho nitro benzene ring substituents is 1. The van der Waals surface area contributed by atoms with Crippen LogP contribution in [0.3, 0.4) is 0 Å². The summed E-state index contributed by atoms with van der Waals surface area (Å²) in [7, 11) is -3.65. The lowest BCUT2D eigenvalue weighted by molar-refractivity contribution is -0.384. The highest BCUT2D eigenvalue weighted by molar-refractivity contribution is 9.10. The van der Waals surface area contributed by atoms with Crippen molar-refractivity contribution < 1.29 is 18.1 Å². The maximum atomic E-state index is 13.0. The fourth-order valence-electron chi connectivity index (χ4n) is 3.34. The van der Waals surface area contributed by atoms with Crippen molar-refractivity contribution in [2.75, 3.05) is 26.2 Å². The molecule has 0 aliphatic carbocycles. The van der Waals surface area contributed by atoms with Gasteiger partial charge in [0.15, 0.2) is 0 Å². The third kappa shape index (κ3) is 4.20. The number of fused-ring (bicyclic) bond motifs is 1. The van der Waals surface area contributed by atoms with E-state index in [9.17, 15) is 23.3 Å². The summed E-state index contributed by atoms with van der Waals surface area (Å²) in [6.07, 6.45) is 0. The topological polar surface area (TPSA) is 101 Å². The zero-order valence-corrected chi connectivity index (χ0v) is 19.8. The molecule has 162 valence electrons. The van der Waals surface area contributed by atoms with Gasteiger partial charge in [-0.25, -0.2) is 8.42 Å². The summed E-state index contributed by atoms with van der Waals surface area (Å²) in [5.74, 6) is -0.311. The van der Waals surface area contributed by atoms with Crippen molar-refractivity contribution in [2.24, 2.45) is 0 Å². The molecule has 1 aliphatic rings. The number of nitro benzene ring substituents is 1. The fraction of sp³-hybridized carbons (Fsp3) is 0.211. The zero-order chi connectivity index (χ0) is 22.3. The standard InChI is InChI=1S/C19H15BrClN3O5S2/c20-12-1-4-14(5-2-12)31(28,29)23-9-7-22(8-10-23)19(25)18-17(21)15-6-3-13(24(26)27)11-16(15)30-18/h1-6,11H,7-10H2. The average Bonchev–Trinajstić information content (AvgIpc) is 3.09. The van der Waals surface area contributed by atoms with Crippen molar-refractivity contribution in [1.82, 2.24) is 9.21 Å². The van der Waals surface area contributed by atoms with Crippen LogP contribution in [0.5, 0.6) is 0 Å². The highest BCUT2D eigenvalue weighted by Crippen LogP contribution is 2.38. The Morgan fingerprint density at radius 2 is 1.74 bits per heavy atom. The Morgan fingerprint density at radius 1 is 1.10 bits per heavy atom. The number of halogens is 2. The fourth-order valence-corrected chi connectivity index (χ4v) is 6.54. The Morgan fingerprint density at radius 3 is 2.35 bits per heavy atom. The molecule has 31 heavy (non-hydrogen) atoms. The van der Waals surface area contributed by atoms with E-state index in [0.717, 1.165) is 15.8 Å². The summed E-state index contributed by atoms with van der Waals surface area (Å²) >= 11 is 10.8. The van der Waals surface area contributed by atoms with Gasteiger partial charge in [0, 0.05) is 52.9 Å². The SMILES string of the molecule is O=C(c1sc2cc([N+](=O)[O-])ccc2c1Cl)N1CCN(S(=O)(=O)c2ccc(Br)cc2)CC1. The lowest BCUT2D eigenvalue weighted by atomic mass is 10.2. The van der Waals surface area contributed by atoms with Gasteiger partial charge in [-0.2, -0.15) is 4.31 Å². The highest BCUT2D eigenvalue weighted by Gasteiger charge is 2.32. The van der Waals surface area contributed by atoms with Crippen LogP contribution in [0.2, 0.25) is 5.02 Å².